The molecule has 5 heteroatoms. The molecule has 0 bridgehead atoms. The minimum absolute atomic E-state index is 0.120. The fraction of sp³-hybridized carbons (Fsp3) is 0.615. The van der Waals surface area contributed by atoms with Crippen molar-refractivity contribution < 1.29 is 8.78 Å². The zero-order valence-corrected chi connectivity index (χ0v) is 10.8. The largest absolute Gasteiger partial charge is 0.368 e. The van der Waals surface area contributed by atoms with E-state index in [0.717, 1.165) is 25.3 Å². The summed E-state index contributed by atoms with van der Waals surface area (Å²) in [5.74, 6) is -0.417. The lowest BCUT2D eigenvalue weighted by Gasteiger charge is -2.10. The van der Waals surface area contributed by atoms with E-state index < -0.39 is 11.6 Å². The summed E-state index contributed by atoms with van der Waals surface area (Å²) >= 11 is 0. The van der Waals surface area contributed by atoms with Crippen molar-refractivity contribution in [2.75, 3.05) is 17.2 Å². The van der Waals surface area contributed by atoms with E-state index in [1.54, 1.807) is 0 Å². The zero-order chi connectivity index (χ0) is 13.1. The molecule has 0 radical (unpaired) electrons. The van der Waals surface area contributed by atoms with Gasteiger partial charge < -0.3 is 10.6 Å². The Bertz CT molecular complexity index is 423. The molecule has 0 aromatic carbocycles. The number of rotatable bonds is 6. The maximum atomic E-state index is 13.6. The molecular formula is C13H19F2N3. The van der Waals surface area contributed by atoms with Crippen LogP contribution in [0.15, 0.2) is 6.07 Å². The van der Waals surface area contributed by atoms with Crippen molar-refractivity contribution in [1.29, 1.82) is 0 Å². The van der Waals surface area contributed by atoms with Gasteiger partial charge in [-0.15, -0.1) is 0 Å². The summed E-state index contributed by atoms with van der Waals surface area (Å²) in [6.45, 7) is 4.70. The van der Waals surface area contributed by atoms with Crippen molar-refractivity contribution in [2.45, 2.75) is 39.2 Å². The smallest absolute Gasteiger partial charge is 0.168 e. The lowest BCUT2D eigenvalue weighted by atomic mass is 10.3. The van der Waals surface area contributed by atoms with Crippen molar-refractivity contribution in [3.8, 4) is 0 Å². The third kappa shape index (κ3) is 2.89. The van der Waals surface area contributed by atoms with Gasteiger partial charge in [0.25, 0.3) is 0 Å². The second-order valence-corrected chi connectivity index (χ2v) is 4.73. The number of anilines is 2. The van der Waals surface area contributed by atoms with Crippen LogP contribution in [0.4, 0.5) is 20.4 Å². The van der Waals surface area contributed by atoms with Gasteiger partial charge in [-0.1, -0.05) is 20.3 Å². The van der Waals surface area contributed by atoms with E-state index in [-0.39, 0.29) is 17.7 Å². The lowest BCUT2D eigenvalue weighted by molar-refractivity contribution is 0.577. The molecule has 0 spiro atoms. The maximum absolute atomic E-state index is 13.6. The van der Waals surface area contributed by atoms with Crippen molar-refractivity contribution in [3.63, 3.8) is 0 Å². The van der Waals surface area contributed by atoms with Gasteiger partial charge in [-0.2, -0.15) is 0 Å². The molecule has 2 unspecified atom stereocenters. The SMILES string of the molecule is CCCNc1nc(NC2CC2CC)c(F)cc1F. The zero-order valence-electron chi connectivity index (χ0n) is 10.8. The number of nitrogens with one attached hydrogen (secondary N) is 2. The van der Waals surface area contributed by atoms with Crippen LogP contribution < -0.4 is 10.6 Å². The Morgan fingerprint density at radius 1 is 1.28 bits per heavy atom. The summed E-state index contributed by atoms with van der Waals surface area (Å²) in [5.41, 5.74) is 0. The molecule has 2 N–H and O–H groups in total. The number of aromatic nitrogens is 1. The lowest BCUT2D eigenvalue weighted by Crippen LogP contribution is -2.11. The Balaban J connectivity index is 2.09. The first-order valence-electron chi connectivity index (χ1n) is 6.52. The fourth-order valence-corrected chi connectivity index (χ4v) is 1.99. The molecule has 2 rings (SSSR count). The first-order chi connectivity index (χ1) is 8.65. The maximum Gasteiger partial charge on any atom is 0.168 e. The van der Waals surface area contributed by atoms with E-state index in [1.165, 1.54) is 0 Å². The van der Waals surface area contributed by atoms with Gasteiger partial charge in [0.15, 0.2) is 23.3 Å². The van der Waals surface area contributed by atoms with Crippen LogP contribution in [0.2, 0.25) is 0 Å². The third-order valence-corrected chi connectivity index (χ3v) is 3.24. The van der Waals surface area contributed by atoms with Gasteiger partial charge in [0.05, 0.1) is 0 Å². The van der Waals surface area contributed by atoms with Gasteiger partial charge in [0, 0.05) is 18.7 Å². The molecule has 1 aliphatic rings. The molecule has 1 aromatic rings. The second-order valence-electron chi connectivity index (χ2n) is 4.73. The number of pyridine rings is 1. The van der Waals surface area contributed by atoms with Gasteiger partial charge >= 0.3 is 0 Å². The monoisotopic (exact) mass is 255 g/mol. The van der Waals surface area contributed by atoms with Crippen LogP contribution in [-0.2, 0) is 0 Å². The highest BCUT2D eigenvalue weighted by Gasteiger charge is 2.36. The normalized spacial score (nSPS) is 21.8. The van der Waals surface area contributed by atoms with Crippen molar-refractivity contribution >= 4 is 11.6 Å². The van der Waals surface area contributed by atoms with Gasteiger partial charge in [-0.25, -0.2) is 13.8 Å². The van der Waals surface area contributed by atoms with Crippen LogP contribution in [0.1, 0.15) is 33.1 Å². The third-order valence-electron chi connectivity index (χ3n) is 3.24. The highest BCUT2D eigenvalue weighted by atomic mass is 19.1. The molecule has 18 heavy (non-hydrogen) atoms. The van der Waals surface area contributed by atoms with Crippen LogP contribution in [-0.4, -0.2) is 17.6 Å². The Kier molecular flexibility index (Phi) is 3.99. The predicted molar refractivity (Wildman–Crippen MR) is 68.7 cm³/mol. The molecule has 1 saturated carbocycles. The summed E-state index contributed by atoms with van der Waals surface area (Å²) < 4.78 is 27.0. The fourth-order valence-electron chi connectivity index (χ4n) is 1.99. The van der Waals surface area contributed by atoms with Gasteiger partial charge in [0.1, 0.15) is 0 Å². The van der Waals surface area contributed by atoms with Crippen molar-refractivity contribution in [2.24, 2.45) is 5.92 Å². The van der Waals surface area contributed by atoms with Gasteiger partial charge in [-0.3, -0.25) is 0 Å². The van der Waals surface area contributed by atoms with Gasteiger partial charge in [0.2, 0.25) is 0 Å². The molecule has 3 nitrogen and oxygen atoms in total. The predicted octanol–water partition coefficient (Wildman–Crippen LogP) is 3.39. The Labute approximate surface area is 106 Å². The quantitative estimate of drug-likeness (QED) is 0.818. The van der Waals surface area contributed by atoms with Crippen LogP contribution in [0.5, 0.6) is 0 Å². The molecule has 1 fully saturated rings. The standard InChI is InChI=1S/C13H19F2N3/c1-3-5-16-12-9(14)7-10(15)13(18-12)17-11-6-8(11)4-2/h7-8,11H,3-6H2,1-2H3,(H2,16,17,18). The van der Waals surface area contributed by atoms with E-state index in [0.29, 0.717) is 12.5 Å². The summed E-state index contributed by atoms with van der Waals surface area (Å²) in [6, 6.07) is 1.16. The van der Waals surface area contributed by atoms with E-state index in [1.807, 2.05) is 6.92 Å². The van der Waals surface area contributed by atoms with E-state index in [9.17, 15) is 8.78 Å². The van der Waals surface area contributed by atoms with E-state index in [2.05, 4.69) is 22.5 Å². The molecule has 0 aliphatic heterocycles. The summed E-state index contributed by atoms with van der Waals surface area (Å²) in [6.07, 6.45) is 2.97. The number of nitrogens with zero attached hydrogens (tertiary/aromatic N) is 1. The van der Waals surface area contributed by atoms with Crippen molar-refractivity contribution in [1.82, 2.24) is 4.98 Å². The average molecular weight is 255 g/mol. The van der Waals surface area contributed by atoms with E-state index >= 15 is 0 Å². The molecular weight excluding hydrogens is 236 g/mol. The second kappa shape index (κ2) is 5.50. The summed E-state index contributed by atoms with van der Waals surface area (Å²) in [5, 5.41) is 5.89. The first kappa shape index (κ1) is 13.1. The number of hydrogen-bond acceptors (Lipinski definition) is 3. The molecule has 1 heterocycles. The average Bonchev–Trinajstić information content (AvgIpc) is 3.09. The first-order valence-corrected chi connectivity index (χ1v) is 6.52. The van der Waals surface area contributed by atoms with Crippen LogP contribution in [0.3, 0.4) is 0 Å². The summed E-state index contributed by atoms with van der Waals surface area (Å²) in [7, 11) is 0. The molecule has 0 amide bonds. The van der Waals surface area contributed by atoms with E-state index in [4.69, 9.17) is 0 Å². The van der Waals surface area contributed by atoms with Crippen LogP contribution >= 0.6 is 0 Å². The van der Waals surface area contributed by atoms with Crippen molar-refractivity contribution in [3.05, 3.63) is 17.7 Å². The number of hydrogen-bond donors (Lipinski definition) is 2. The molecule has 1 aromatic heterocycles. The number of halogens is 2. The minimum Gasteiger partial charge on any atom is -0.368 e. The molecule has 100 valence electrons. The Hall–Kier alpha value is -1.39. The highest BCUT2D eigenvalue weighted by molar-refractivity contribution is 5.48. The molecule has 1 aliphatic carbocycles. The summed E-state index contributed by atoms with van der Waals surface area (Å²) in [4.78, 5) is 3.99. The Morgan fingerprint density at radius 2 is 2.00 bits per heavy atom. The molecule has 2 atom stereocenters. The van der Waals surface area contributed by atoms with Gasteiger partial charge in [-0.05, 0) is 18.8 Å². The topological polar surface area (TPSA) is 37.0 Å². The Morgan fingerprint density at radius 3 is 2.61 bits per heavy atom. The highest BCUT2D eigenvalue weighted by Crippen LogP contribution is 2.36. The molecule has 0 saturated heterocycles. The van der Waals surface area contributed by atoms with Crippen LogP contribution in [0.25, 0.3) is 0 Å². The minimum atomic E-state index is -0.644. The van der Waals surface area contributed by atoms with Crippen LogP contribution in [0, 0.1) is 17.6 Å².